The van der Waals surface area contributed by atoms with Crippen molar-refractivity contribution < 1.29 is 32.2 Å². The number of hydrogen-bond donors (Lipinski definition) is 0. The van der Waals surface area contributed by atoms with Gasteiger partial charge in [-0.05, 0) is 59.2 Å². The Bertz CT molecular complexity index is 752. The number of ether oxygens (including phenoxy) is 2. The van der Waals surface area contributed by atoms with Crippen LogP contribution in [0, 0.1) is 0 Å². The van der Waals surface area contributed by atoms with Gasteiger partial charge >= 0.3 is 18.2 Å². The van der Waals surface area contributed by atoms with E-state index in [1.807, 2.05) is 0 Å². The van der Waals surface area contributed by atoms with Crippen molar-refractivity contribution in [3.05, 3.63) is 34.3 Å². The zero-order valence-electron chi connectivity index (χ0n) is 17.6. The van der Waals surface area contributed by atoms with Gasteiger partial charge in [0.2, 0.25) is 0 Å². The van der Waals surface area contributed by atoms with Crippen LogP contribution >= 0.6 is 11.6 Å². The Morgan fingerprint density at radius 3 is 1.97 bits per heavy atom. The topological polar surface area (TPSA) is 55.8 Å². The zero-order valence-corrected chi connectivity index (χ0v) is 18.4. The van der Waals surface area contributed by atoms with Gasteiger partial charge in [-0.25, -0.2) is 9.59 Å². The second kappa shape index (κ2) is 8.81. The maximum Gasteiger partial charge on any atom is 0.417 e. The van der Waals surface area contributed by atoms with E-state index < -0.39 is 46.1 Å². The second-order valence-corrected chi connectivity index (χ2v) is 9.06. The summed E-state index contributed by atoms with van der Waals surface area (Å²) >= 11 is 5.77. The van der Waals surface area contributed by atoms with Gasteiger partial charge in [0.15, 0.2) is 0 Å². The number of hydrogen-bond acceptors (Lipinski definition) is 4. The Balaban J connectivity index is 3.19. The van der Waals surface area contributed by atoms with Gasteiger partial charge in [0.25, 0.3) is 0 Å². The maximum atomic E-state index is 12.9. The van der Waals surface area contributed by atoms with Gasteiger partial charge in [0.05, 0.1) is 10.6 Å². The highest BCUT2D eigenvalue weighted by Gasteiger charge is 2.35. The first-order valence-corrected chi connectivity index (χ1v) is 9.33. The van der Waals surface area contributed by atoms with E-state index in [4.69, 9.17) is 21.1 Å². The molecule has 0 aromatic heterocycles. The molecule has 1 atom stereocenters. The average Bonchev–Trinajstić information content (AvgIpc) is 2.47. The molecule has 1 unspecified atom stereocenters. The van der Waals surface area contributed by atoms with E-state index in [0.29, 0.717) is 5.56 Å². The highest BCUT2D eigenvalue weighted by molar-refractivity contribution is 6.31. The number of amides is 1. The van der Waals surface area contributed by atoms with Crippen LogP contribution in [0.25, 0.3) is 0 Å². The number of carbonyl (C=O) groups excluding carboxylic acids is 2. The lowest BCUT2D eigenvalue weighted by atomic mass is 10.0. The van der Waals surface area contributed by atoms with Gasteiger partial charge < -0.3 is 9.47 Å². The lowest BCUT2D eigenvalue weighted by molar-refractivity contribution is -0.160. The minimum absolute atomic E-state index is 0.0947. The first-order valence-electron chi connectivity index (χ1n) is 8.95. The number of esters is 1. The summed E-state index contributed by atoms with van der Waals surface area (Å²) in [6.07, 6.45) is -5.44. The smallest absolute Gasteiger partial charge is 0.417 e. The van der Waals surface area contributed by atoms with E-state index in [-0.39, 0.29) is 6.42 Å². The lowest BCUT2D eigenvalue weighted by Gasteiger charge is -2.31. The summed E-state index contributed by atoms with van der Waals surface area (Å²) in [5.41, 5.74) is -2.24. The summed E-state index contributed by atoms with van der Waals surface area (Å²) in [4.78, 5) is 26.2. The Morgan fingerprint density at radius 2 is 1.55 bits per heavy atom. The third-order valence-corrected chi connectivity index (χ3v) is 3.91. The molecule has 0 fully saturated rings. The molecule has 0 heterocycles. The average molecular weight is 438 g/mol. The lowest BCUT2D eigenvalue weighted by Crippen LogP contribution is -2.48. The third-order valence-electron chi connectivity index (χ3n) is 3.60. The van der Waals surface area contributed by atoms with Crippen LogP contribution in [0.5, 0.6) is 0 Å². The number of halogens is 4. The fourth-order valence-electron chi connectivity index (χ4n) is 2.35. The summed E-state index contributed by atoms with van der Waals surface area (Å²) < 4.78 is 49.4. The van der Waals surface area contributed by atoms with Crippen LogP contribution in [-0.2, 0) is 26.9 Å². The number of benzene rings is 1. The monoisotopic (exact) mass is 437 g/mol. The highest BCUT2D eigenvalue weighted by Crippen LogP contribution is 2.35. The third kappa shape index (κ3) is 8.12. The van der Waals surface area contributed by atoms with Crippen LogP contribution < -0.4 is 0 Å². The molecule has 0 spiro atoms. The maximum absolute atomic E-state index is 12.9. The number of rotatable bonds is 4. The van der Waals surface area contributed by atoms with Crippen LogP contribution in [0.2, 0.25) is 5.02 Å². The van der Waals surface area contributed by atoms with Crippen LogP contribution in [0.3, 0.4) is 0 Å². The molecule has 1 amide bonds. The summed E-state index contributed by atoms with van der Waals surface area (Å²) in [6, 6.07) is 2.08. The predicted molar refractivity (Wildman–Crippen MR) is 104 cm³/mol. The summed E-state index contributed by atoms with van der Waals surface area (Å²) in [6.45, 7) is 10.0. The molecule has 0 aliphatic carbocycles. The first kappa shape index (κ1) is 25.1. The summed E-state index contributed by atoms with van der Waals surface area (Å²) in [5.74, 6) is -0.707. The highest BCUT2D eigenvalue weighted by atomic mass is 35.5. The largest absolute Gasteiger partial charge is 0.458 e. The normalized spacial score (nSPS) is 13.6. The summed E-state index contributed by atoms with van der Waals surface area (Å²) in [5, 5.41) is -0.488. The van der Waals surface area contributed by atoms with Gasteiger partial charge in [-0.2, -0.15) is 13.2 Å². The van der Waals surface area contributed by atoms with Gasteiger partial charge in [-0.3, -0.25) is 4.90 Å². The quantitative estimate of drug-likeness (QED) is 0.585. The van der Waals surface area contributed by atoms with Gasteiger partial charge in [-0.15, -0.1) is 0 Å². The summed E-state index contributed by atoms with van der Waals surface area (Å²) in [7, 11) is 1.37. The Kier molecular flexibility index (Phi) is 7.62. The van der Waals surface area contributed by atoms with Gasteiger partial charge in [0.1, 0.15) is 17.2 Å². The van der Waals surface area contributed by atoms with E-state index in [2.05, 4.69) is 0 Å². The molecule has 29 heavy (non-hydrogen) atoms. The van der Waals surface area contributed by atoms with Crippen molar-refractivity contribution in [2.45, 2.75) is 71.4 Å². The Hall–Kier alpha value is -1.96. The molecule has 5 nitrogen and oxygen atoms in total. The van der Waals surface area contributed by atoms with Crippen LogP contribution in [0.1, 0.15) is 52.7 Å². The Morgan fingerprint density at radius 1 is 1.03 bits per heavy atom. The van der Waals surface area contributed by atoms with Crippen molar-refractivity contribution >= 4 is 23.7 Å². The van der Waals surface area contributed by atoms with Gasteiger partial charge in [0, 0.05) is 13.5 Å². The minimum atomic E-state index is -4.59. The number of alkyl halides is 3. The minimum Gasteiger partial charge on any atom is -0.458 e. The molecule has 0 aliphatic heterocycles. The van der Waals surface area contributed by atoms with E-state index in [0.717, 1.165) is 17.0 Å². The molecule has 1 aromatic carbocycles. The number of likely N-dealkylation sites (N-methyl/N-ethyl adjacent to an activating group) is 1. The molecule has 0 saturated heterocycles. The number of nitrogens with zero attached hydrogens (tertiary/aromatic N) is 1. The first-order chi connectivity index (χ1) is 12.9. The van der Waals surface area contributed by atoms with Crippen molar-refractivity contribution in [1.82, 2.24) is 4.90 Å². The molecule has 1 rings (SSSR count). The van der Waals surface area contributed by atoms with E-state index in [9.17, 15) is 22.8 Å². The predicted octanol–water partition coefficient (Wildman–Crippen LogP) is 5.48. The molecule has 0 radical (unpaired) electrons. The van der Waals surface area contributed by atoms with Crippen molar-refractivity contribution in [3.8, 4) is 0 Å². The molecule has 1 aromatic rings. The van der Waals surface area contributed by atoms with Crippen LogP contribution in [0.4, 0.5) is 18.0 Å². The molecule has 0 N–H and O–H groups in total. The van der Waals surface area contributed by atoms with E-state index in [1.54, 1.807) is 41.5 Å². The van der Waals surface area contributed by atoms with Crippen molar-refractivity contribution in [3.63, 3.8) is 0 Å². The van der Waals surface area contributed by atoms with Crippen molar-refractivity contribution in [2.75, 3.05) is 7.05 Å². The Labute approximate surface area is 174 Å². The fourth-order valence-corrected chi connectivity index (χ4v) is 2.66. The molecular weight excluding hydrogens is 411 g/mol. The molecular formula is C20H27ClF3NO4. The van der Waals surface area contributed by atoms with E-state index >= 15 is 0 Å². The SMILES string of the molecule is CN(C(=O)OC(C)(C)C)C(Cc1ccc(C(F)(F)F)c(Cl)c1)C(=O)OC(C)(C)C. The molecule has 0 aliphatic rings. The van der Waals surface area contributed by atoms with E-state index in [1.165, 1.54) is 13.1 Å². The van der Waals surface area contributed by atoms with Gasteiger partial charge in [-0.1, -0.05) is 17.7 Å². The zero-order chi connectivity index (χ0) is 22.8. The molecule has 9 heteroatoms. The van der Waals surface area contributed by atoms with Crippen LogP contribution in [0.15, 0.2) is 18.2 Å². The molecule has 0 saturated carbocycles. The van der Waals surface area contributed by atoms with Crippen molar-refractivity contribution in [2.24, 2.45) is 0 Å². The molecule has 164 valence electrons. The van der Waals surface area contributed by atoms with Crippen molar-refractivity contribution in [1.29, 1.82) is 0 Å². The standard InChI is InChI=1S/C20H27ClF3NO4/c1-18(2,3)28-16(26)15(25(7)17(27)29-19(4,5)6)11-12-8-9-13(14(21)10-12)20(22,23)24/h8-10,15H,11H2,1-7H3. The van der Waals surface area contributed by atoms with Crippen LogP contribution in [-0.4, -0.2) is 41.3 Å². The molecule has 0 bridgehead atoms. The second-order valence-electron chi connectivity index (χ2n) is 8.66. The number of carbonyl (C=O) groups is 2. The fraction of sp³-hybridized carbons (Fsp3) is 0.600.